The Morgan fingerprint density at radius 3 is 1.68 bits per heavy atom. The van der Waals surface area contributed by atoms with Gasteiger partial charge in [-0.25, -0.2) is 26.9 Å². The largest absolute Gasteiger partial charge is 0.433 e. The Kier molecular flexibility index (Phi) is 3.71. The van der Waals surface area contributed by atoms with Crippen molar-refractivity contribution in [3.63, 3.8) is 0 Å². The molecule has 2 rings (SSSR count). The monoisotopic (exact) mass is 328 g/mol. The summed E-state index contributed by atoms with van der Waals surface area (Å²) in [6.07, 6.45) is -4.99. The molecule has 0 saturated heterocycles. The molecule has 1 aromatic heterocycles. The third-order valence-corrected chi connectivity index (χ3v) is 2.66. The van der Waals surface area contributed by atoms with Crippen LogP contribution < -0.4 is 5.73 Å². The van der Waals surface area contributed by atoms with Crippen LogP contribution in [0.4, 0.5) is 40.8 Å². The number of hydrogen-bond acceptors (Lipinski definition) is 2. The maximum atomic E-state index is 13.6. The summed E-state index contributed by atoms with van der Waals surface area (Å²) in [6, 6.07) is 1.01. The van der Waals surface area contributed by atoms with Crippen molar-refractivity contribution in [1.82, 2.24) is 4.98 Å². The second kappa shape index (κ2) is 5.11. The molecule has 2 nitrogen and oxygen atoms in total. The summed E-state index contributed by atoms with van der Waals surface area (Å²) in [5.41, 5.74) is 0.141. The number of pyridine rings is 1. The first-order valence-corrected chi connectivity index (χ1v) is 5.41. The van der Waals surface area contributed by atoms with Crippen LogP contribution in [0.1, 0.15) is 5.69 Å². The third kappa shape index (κ3) is 2.44. The third-order valence-electron chi connectivity index (χ3n) is 2.66. The number of hydrogen-bond donors (Lipinski definition) is 1. The first-order chi connectivity index (χ1) is 10.1. The molecule has 22 heavy (non-hydrogen) atoms. The number of benzene rings is 1. The highest BCUT2D eigenvalue weighted by molar-refractivity contribution is 5.73. The first-order valence-electron chi connectivity index (χ1n) is 5.41. The standard InChI is InChI=1S/C12H4F8N2/c13-6-5(7(14)9(16)10(17)8(6)15)11-3(21)1-2-4(22-11)12(18,19)20/h1-2H,21H2. The van der Waals surface area contributed by atoms with Crippen molar-refractivity contribution >= 4 is 5.69 Å². The molecule has 0 spiro atoms. The summed E-state index contributed by atoms with van der Waals surface area (Å²) in [6.45, 7) is 0. The second-order valence-corrected chi connectivity index (χ2v) is 4.08. The van der Waals surface area contributed by atoms with Crippen LogP contribution in [0.2, 0.25) is 0 Å². The van der Waals surface area contributed by atoms with Crippen molar-refractivity contribution in [3.8, 4) is 11.3 Å². The van der Waals surface area contributed by atoms with E-state index in [9.17, 15) is 35.1 Å². The van der Waals surface area contributed by atoms with Crippen LogP contribution in [-0.2, 0) is 6.18 Å². The van der Waals surface area contributed by atoms with Crippen molar-refractivity contribution in [2.24, 2.45) is 0 Å². The quantitative estimate of drug-likeness (QED) is 0.487. The smallest absolute Gasteiger partial charge is 0.397 e. The molecule has 0 saturated carbocycles. The van der Waals surface area contributed by atoms with Gasteiger partial charge in [-0.15, -0.1) is 0 Å². The lowest BCUT2D eigenvalue weighted by Gasteiger charge is -2.12. The Balaban J connectivity index is 2.83. The van der Waals surface area contributed by atoms with Gasteiger partial charge in [0.2, 0.25) is 5.82 Å². The average Bonchev–Trinajstić information content (AvgIpc) is 2.44. The minimum atomic E-state index is -4.99. The molecule has 0 unspecified atom stereocenters. The van der Waals surface area contributed by atoms with E-state index >= 15 is 0 Å². The van der Waals surface area contributed by atoms with Crippen LogP contribution in [0.25, 0.3) is 11.3 Å². The summed E-state index contributed by atoms with van der Waals surface area (Å²) < 4.78 is 104. The molecule has 2 N–H and O–H groups in total. The number of nitrogens with zero attached hydrogens (tertiary/aromatic N) is 1. The molecule has 0 radical (unpaired) electrons. The number of anilines is 1. The summed E-state index contributed by atoms with van der Waals surface area (Å²) in [4.78, 5) is 2.86. The topological polar surface area (TPSA) is 38.9 Å². The highest BCUT2D eigenvalue weighted by Gasteiger charge is 2.35. The fraction of sp³-hybridized carbons (Fsp3) is 0.0833. The van der Waals surface area contributed by atoms with Gasteiger partial charge in [0, 0.05) is 0 Å². The lowest BCUT2D eigenvalue weighted by Crippen LogP contribution is -2.12. The molecule has 0 aliphatic rings. The van der Waals surface area contributed by atoms with Gasteiger partial charge in [-0.2, -0.15) is 13.2 Å². The molecule has 10 heteroatoms. The molecule has 2 aromatic rings. The van der Waals surface area contributed by atoms with Gasteiger partial charge in [0.25, 0.3) is 0 Å². The summed E-state index contributed by atoms with van der Waals surface area (Å²) >= 11 is 0. The van der Waals surface area contributed by atoms with Gasteiger partial charge < -0.3 is 5.73 Å². The Morgan fingerprint density at radius 2 is 1.23 bits per heavy atom. The van der Waals surface area contributed by atoms with Crippen LogP contribution in [0, 0.1) is 29.1 Å². The van der Waals surface area contributed by atoms with E-state index in [1.165, 1.54) is 0 Å². The Labute approximate surface area is 117 Å². The minimum Gasteiger partial charge on any atom is -0.397 e. The maximum absolute atomic E-state index is 13.6. The molecule has 0 aliphatic carbocycles. The van der Waals surface area contributed by atoms with Crippen LogP contribution in [0.5, 0.6) is 0 Å². The van der Waals surface area contributed by atoms with Gasteiger partial charge in [0.05, 0.1) is 16.9 Å². The Hall–Kier alpha value is -2.39. The maximum Gasteiger partial charge on any atom is 0.433 e. The number of nitrogen functional groups attached to an aromatic ring is 1. The van der Waals surface area contributed by atoms with Crippen molar-refractivity contribution in [3.05, 3.63) is 46.9 Å². The number of nitrogens with two attached hydrogens (primary N) is 1. The van der Waals surface area contributed by atoms with E-state index in [2.05, 4.69) is 4.98 Å². The van der Waals surface area contributed by atoms with Gasteiger partial charge in [-0.1, -0.05) is 0 Å². The van der Waals surface area contributed by atoms with E-state index in [0.717, 1.165) is 0 Å². The van der Waals surface area contributed by atoms with Gasteiger partial charge in [0.15, 0.2) is 23.3 Å². The SMILES string of the molecule is Nc1ccc(C(F)(F)F)nc1-c1c(F)c(F)c(F)c(F)c1F. The Bertz CT molecular complexity index is 725. The molecule has 1 aromatic carbocycles. The normalized spacial score (nSPS) is 11.8. The van der Waals surface area contributed by atoms with Crippen molar-refractivity contribution in [2.75, 3.05) is 5.73 Å². The Morgan fingerprint density at radius 1 is 0.773 bits per heavy atom. The van der Waals surface area contributed by atoms with Gasteiger partial charge >= 0.3 is 6.18 Å². The molecule has 0 aliphatic heterocycles. The van der Waals surface area contributed by atoms with Crippen molar-refractivity contribution in [1.29, 1.82) is 0 Å². The lowest BCUT2D eigenvalue weighted by atomic mass is 10.1. The minimum absolute atomic E-state index is 0.408. The van der Waals surface area contributed by atoms with E-state index in [4.69, 9.17) is 5.73 Å². The number of alkyl halides is 3. The van der Waals surface area contributed by atoms with Crippen LogP contribution in [-0.4, -0.2) is 4.98 Å². The zero-order chi connectivity index (χ0) is 16.8. The van der Waals surface area contributed by atoms with E-state index in [1.807, 2.05) is 0 Å². The predicted octanol–water partition coefficient (Wildman–Crippen LogP) is 4.05. The molecular weight excluding hydrogens is 324 g/mol. The number of aromatic nitrogens is 1. The highest BCUT2D eigenvalue weighted by atomic mass is 19.4. The van der Waals surface area contributed by atoms with Gasteiger partial charge in [0.1, 0.15) is 5.69 Å². The summed E-state index contributed by atoms with van der Waals surface area (Å²) in [5, 5.41) is 0. The summed E-state index contributed by atoms with van der Waals surface area (Å²) in [5.74, 6) is -11.7. The van der Waals surface area contributed by atoms with E-state index < -0.39 is 57.9 Å². The van der Waals surface area contributed by atoms with Crippen LogP contribution in [0.3, 0.4) is 0 Å². The summed E-state index contributed by atoms with van der Waals surface area (Å²) in [7, 11) is 0. The molecule has 0 amide bonds. The molecule has 1 heterocycles. The highest BCUT2D eigenvalue weighted by Crippen LogP contribution is 2.36. The zero-order valence-electron chi connectivity index (χ0n) is 10.2. The molecule has 0 atom stereocenters. The van der Waals surface area contributed by atoms with Crippen LogP contribution in [0.15, 0.2) is 12.1 Å². The zero-order valence-corrected chi connectivity index (χ0v) is 10.2. The van der Waals surface area contributed by atoms with Gasteiger partial charge in [-0.05, 0) is 12.1 Å². The first kappa shape index (κ1) is 16.0. The lowest BCUT2D eigenvalue weighted by molar-refractivity contribution is -0.141. The number of halogens is 8. The predicted molar refractivity (Wildman–Crippen MR) is 58.9 cm³/mol. The molecule has 0 bridgehead atoms. The molecule has 0 fully saturated rings. The fourth-order valence-electron chi connectivity index (χ4n) is 1.64. The fourth-order valence-corrected chi connectivity index (χ4v) is 1.64. The second-order valence-electron chi connectivity index (χ2n) is 4.08. The van der Waals surface area contributed by atoms with E-state index in [0.29, 0.717) is 12.1 Å². The van der Waals surface area contributed by atoms with Crippen molar-refractivity contribution in [2.45, 2.75) is 6.18 Å². The molecule has 118 valence electrons. The number of rotatable bonds is 1. The van der Waals surface area contributed by atoms with Crippen LogP contribution >= 0.6 is 0 Å². The molecular formula is C12H4F8N2. The van der Waals surface area contributed by atoms with Crippen molar-refractivity contribution < 1.29 is 35.1 Å². The average molecular weight is 328 g/mol. The van der Waals surface area contributed by atoms with E-state index in [1.54, 1.807) is 0 Å². The van der Waals surface area contributed by atoms with E-state index in [-0.39, 0.29) is 0 Å². The van der Waals surface area contributed by atoms with Gasteiger partial charge in [-0.3, -0.25) is 0 Å².